The predicted molar refractivity (Wildman–Crippen MR) is 39.6 cm³/mol. The number of hydrogen-bond acceptors (Lipinski definition) is 4. The van der Waals surface area contributed by atoms with E-state index in [4.69, 9.17) is 5.11 Å². The summed E-state index contributed by atoms with van der Waals surface area (Å²) in [5.74, 6) is 0. The number of aliphatic hydroxyl groups excluding tert-OH is 1. The minimum Gasteiger partial charge on any atom is -0.382 e. The topological polar surface area (TPSA) is 46.0 Å². The molecule has 1 aromatic heterocycles. The molecule has 1 aromatic rings. The van der Waals surface area contributed by atoms with E-state index in [1.165, 1.54) is 11.8 Å². The van der Waals surface area contributed by atoms with E-state index in [1.807, 2.05) is 0 Å². The zero-order chi connectivity index (χ0) is 7.40. The molecule has 0 fully saturated rings. The molecular formula is C6H8N2OS. The van der Waals surface area contributed by atoms with E-state index in [0.717, 1.165) is 0 Å². The zero-order valence-electron chi connectivity index (χ0n) is 5.56. The van der Waals surface area contributed by atoms with Crippen LogP contribution in [-0.4, -0.2) is 20.5 Å². The van der Waals surface area contributed by atoms with Crippen molar-refractivity contribution in [2.75, 3.05) is 0 Å². The van der Waals surface area contributed by atoms with Crippen molar-refractivity contribution in [3.05, 3.63) is 18.5 Å². The summed E-state index contributed by atoms with van der Waals surface area (Å²) < 4.78 is 0. The lowest BCUT2D eigenvalue weighted by atomic mass is 10.7. The Kier molecular flexibility index (Phi) is 2.65. The van der Waals surface area contributed by atoms with E-state index in [0.29, 0.717) is 5.16 Å². The number of thioether (sulfide) groups is 1. The SMILES string of the molecule is CC(O)Sc1ncccn1. The van der Waals surface area contributed by atoms with Crippen molar-refractivity contribution in [3.63, 3.8) is 0 Å². The van der Waals surface area contributed by atoms with E-state index in [2.05, 4.69) is 9.97 Å². The van der Waals surface area contributed by atoms with Crippen LogP contribution in [0.2, 0.25) is 0 Å². The minimum atomic E-state index is -0.442. The molecule has 0 saturated heterocycles. The molecule has 0 radical (unpaired) electrons. The van der Waals surface area contributed by atoms with Gasteiger partial charge in [0.05, 0.1) is 0 Å². The summed E-state index contributed by atoms with van der Waals surface area (Å²) in [4.78, 5) is 7.82. The molecule has 0 spiro atoms. The lowest BCUT2D eigenvalue weighted by molar-refractivity contribution is 0.283. The molecule has 1 heterocycles. The van der Waals surface area contributed by atoms with Gasteiger partial charge < -0.3 is 5.11 Å². The summed E-state index contributed by atoms with van der Waals surface area (Å²) in [6.45, 7) is 1.68. The van der Waals surface area contributed by atoms with Crippen LogP contribution in [0.1, 0.15) is 6.92 Å². The summed E-state index contributed by atoms with van der Waals surface area (Å²) in [6, 6.07) is 1.74. The highest BCUT2D eigenvalue weighted by Gasteiger charge is 1.99. The monoisotopic (exact) mass is 156 g/mol. The van der Waals surface area contributed by atoms with Gasteiger partial charge in [0.25, 0.3) is 0 Å². The maximum absolute atomic E-state index is 8.89. The van der Waals surface area contributed by atoms with Crippen LogP contribution < -0.4 is 0 Å². The quantitative estimate of drug-likeness (QED) is 0.392. The second kappa shape index (κ2) is 3.53. The molecule has 1 unspecified atom stereocenters. The van der Waals surface area contributed by atoms with E-state index in [9.17, 15) is 0 Å². The van der Waals surface area contributed by atoms with Crippen molar-refractivity contribution in [1.29, 1.82) is 0 Å². The first-order valence-electron chi connectivity index (χ1n) is 2.91. The summed E-state index contributed by atoms with van der Waals surface area (Å²) in [6.07, 6.45) is 3.30. The average Bonchev–Trinajstić information content (AvgIpc) is 1.88. The number of rotatable bonds is 2. The van der Waals surface area contributed by atoms with Crippen LogP contribution in [0.3, 0.4) is 0 Å². The molecule has 10 heavy (non-hydrogen) atoms. The number of hydrogen-bond donors (Lipinski definition) is 1. The molecule has 1 rings (SSSR count). The van der Waals surface area contributed by atoms with Gasteiger partial charge >= 0.3 is 0 Å². The first kappa shape index (κ1) is 7.50. The summed E-state index contributed by atoms with van der Waals surface area (Å²) in [5.41, 5.74) is -0.442. The lowest BCUT2D eigenvalue weighted by Crippen LogP contribution is -1.94. The van der Waals surface area contributed by atoms with Crippen LogP contribution in [-0.2, 0) is 0 Å². The average molecular weight is 156 g/mol. The fourth-order valence-electron chi connectivity index (χ4n) is 0.499. The van der Waals surface area contributed by atoms with Gasteiger partial charge in [-0.1, -0.05) is 11.8 Å². The van der Waals surface area contributed by atoms with Crippen molar-refractivity contribution in [2.45, 2.75) is 17.5 Å². The second-order valence-electron chi connectivity index (χ2n) is 1.75. The Balaban J connectivity index is 2.59. The van der Waals surface area contributed by atoms with Crippen LogP contribution >= 0.6 is 11.8 Å². The van der Waals surface area contributed by atoms with Crippen molar-refractivity contribution in [2.24, 2.45) is 0 Å². The third-order valence-corrected chi connectivity index (χ3v) is 1.58. The van der Waals surface area contributed by atoms with Gasteiger partial charge in [0.1, 0.15) is 5.44 Å². The molecule has 4 heteroatoms. The number of aliphatic hydroxyl groups is 1. The van der Waals surface area contributed by atoms with Gasteiger partial charge in [0.15, 0.2) is 5.16 Å². The molecule has 1 N–H and O–H groups in total. The third-order valence-electron chi connectivity index (χ3n) is 0.818. The largest absolute Gasteiger partial charge is 0.382 e. The molecule has 1 atom stereocenters. The van der Waals surface area contributed by atoms with Gasteiger partial charge in [-0.2, -0.15) is 0 Å². The second-order valence-corrected chi connectivity index (χ2v) is 3.03. The molecule has 0 bridgehead atoms. The van der Waals surface area contributed by atoms with Crippen LogP contribution in [0.15, 0.2) is 23.6 Å². The smallest absolute Gasteiger partial charge is 0.189 e. The molecule has 54 valence electrons. The summed E-state index contributed by atoms with van der Waals surface area (Å²) in [7, 11) is 0. The molecule has 0 aliphatic carbocycles. The number of nitrogens with zero attached hydrogens (tertiary/aromatic N) is 2. The fourth-order valence-corrected chi connectivity index (χ4v) is 1.05. The van der Waals surface area contributed by atoms with Crippen molar-refractivity contribution < 1.29 is 5.11 Å². The van der Waals surface area contributed by atoms with Crippen molar-refractivity contribution in [1.82, 2.24) is 9.97 Å². The van der Waals surface area contributed by atoms with Gasteiger partial charge in [-0.05, 0) is 13.0 Å². The normalized spacial score (nSPS) is 13.0. The highest BCUT2D eigenvalue weighted by atomic mass is 32.2. The highest BCUT2D eigenvalue weighted by Crippen LogP contribution is 2.14. The Bertz CT molecular complexity index is 190. The van der Waals surface area contributed by atoms with E-state index < -0.39 is 5.44 Å². The predicted octanol–water partition coefficient (Wildman–Crippen LogP) is 0.907. The minimum absolute atomic E-state index is 0.442. The maximum atomic E-state index is 8.89. The van der Waals surface area contributed by atoms with Crippen molar-refractivity contribution >= 4 is 11.8 Å². The maximum Gasteiger partial charge on any atom is 0.189 e. The number of aromatic nitrogens is 2. The van der Waals surface area contributed by atoms with Crippen LogP contribution in [0.25, 0.3) is 0 Å². The molecule has 0 saturated carbocycles. The summed E-state index contributed by atoms with van der Waals surface area (Å²) >= 11 is 1.23. The first-order chi connectivity index (χ1) is 4.79. The van der Waals surface area contributed by atoms with Crippen molar-refractivity contribution in [3.8, 4) is 0 Å². The Morgan fingerprint density at radius 1 is 1.50 bits per heavy atom. The van der Waals surface area contributed by atoms with E-state index >= 15 is 0 Å². The van der Waals surface area contributed by atoms with E-state index in [1.54, 1.807) is 25.4 Å². The Morgan fingerprint density at radius 3 is 2.60 bits per heavy atom. The van der Waals surface area contributed by atoms with E-state index in [-0.39, 0.29) is 0 Å². The molecule has 0 aromatic carbocycles. The molecule has 0 aliphatic rings. The molecule has 0 aliphatic heterocycles. The van der Waals surface area contributed by atoms with Gasteiger partial charge in [-0.15, -0.1) is 0 Å². The standard InChI is InChI=1S/C6H8N2OS/c1-5(9)10-6-7-3-2-4-8-6/h2-5,9H,1H3. The molecule has 0 amide bonds. The van der Waals surface area contributed by atoms with Gasteiger partial charge in [0, 0.05) is 12.4 Å². The van der Waals surface area contributed by atoms with Crippen LogP contribution in [0, 0.1) is 0 Å². The Labute approximate surface area is 63.5 Å². The van der Waals surface area contributed by atoms with Gasteiger partial charge in [-0.25, -0.2) is 9.97 Å². The molecular weight excluding hydrogens is 148 g/mol. The Hall–Kier alpha value is -0.610. The van der Waals surface area contributed by atoms with Gasteiger partial charge in [0.2, 0.25) is 0 Å². The van der Waals surface area contributed by atoms with Crippen LogP contribution in [0.4, 0.5) is 0 Å². The van der Waals surface area contributed by atoms with Crippen LogP contribution in [0.5, 0.6) is 0 Å². The summed E-state index contributed by atoms with van der Waals surface area (Å²) in [5, 5.41) is 9.50. The van der Waals surface area contributed by atoms with Gasteiger partial charge in [-0.3, -0.25) is 0 Å². The molecule has 3 nitrogen and oxygen atoms in total. The lowest BCUT2D eigenvalue weighted by Gasteiger charge is -1.99. The first-order valence-corrected chi connectivity index (χ1v) is 3.79. The third kappa shape index (κ3) is 2.33. The fraction of sp³-hybridized carbons (Fsp3) is 0.333. The zero-order valence-corrected chi connectivity index (χ0v) is 6.38. The Morgan fingerprint density at radius 2 is 2.10 bits per heavy atom. The highest BCUT2D eigenvalue weighted by molar-refractivity contribution is 7.99.